The van der Waals surface area contributed by atoms with Crippen molar-refractivity contribution in [2.24, 2.45) is 0 Å². The Labute approximate surface area is 117 Å². The Kier molecular flexibility index (Phi) is 3.86. The maximum atomic E-state index is 9.12. The highest BCUT2D eigenvalue weighted by Gasteiger charge is 2.16. The summed E-state index contributed by atoms with van der Waals surface area (Å²) in [6, 6.07) is 9.58. The molecule has 104 valence electrons. The molecule has 1 aliphatic heterocycles. The second-order valence-electron chi connectivity index (χ2n) is 4.67. The van der Waals surface area contributed by atoms with E-state index in [0.717, 1.165) is 38.2 Å². The van der Waals surface area contributed by atoms with Crippen LogP contribution in [0.25, 0.3) is 11.0 Å². The van der Waals surface area contributed by atoms with Crippen LogP contribution < -0.4 is 4.74 Å². The highest BCUT2D eigenvalue weighted by Crippen LogP contribution is 2.32. The lowest BCUT2D eigenvalue weighted by atomic mass is 10.2. The predicted octanol–water partition coefficient (Wildman–Crippen LogP) is 2.02. The van der Waals surface area contributed by atoms with Crippen LogP contribution in [-0.4, -0.2) is 44.4 Å². The largest absolute Gasteiger partial charge is 0.487 e. The zero-order chi connectivity index (χ0) is 13.8. The number of nitrogens with zero attached hydrogens (tertiary/aromatic N) is 2. The van der Waals surface area contributed by atoms with Gasteiger partial charge >= 0.3 is 0 Å². The lowest BCUT2D eigenvalue weighted by Gasteiger charge is -2.26. The van der Waals surface area contributed by atoms with Gasteiger partial charge in [0, 0.05) is 19.6 Å². The fourth-order valence-corrected chi connectivity index (χ4v) is 2.34. The molecule has 3 rings (SSSR count). The summed E-state index contributed by atoms with van der Waals surface area (Å²) in [6.45, 7) is 4.78. The zero-order valence-corrected chi connectivity index (χ0v) is 11.2. The molecule has 20 heavy (non-hydrogen) atoms. The fraction of sp³-hybridized carbons (Fsp3) is 0.400. The van der Waals surface area contributed by atoms with Crippen molar-refractivity contribution >= 4 is 11.0 Å². The summed E-state index contributed by atoms with van der Waals surface area (Å²) in [5.41, 5.74) is 0.686. The van der Waals surface area contributed by atoms with Crippen LogP contribution in [0.5, 0.6) is 5.75 Å². The molecule has 1 aliphatic rings. The Hall–Kier alpha value is -2.03. The van der Waals surface area contributed by atoms with E-state index in [0.29, 0.717) is 17.9 Å². The van der Waals surface area contributed by atoms with Crippen LogP contribution in [-0.2, 0) is 4.74 Å². The molecule has 1 aromatic carbocycles. The first kappa shape index (κ1) is 13.0. The third-order valence-electron chi connectivity index (χ3n) is 3.41. The topological polar surface area (TPSA) is 58.6 Å². The molecule has 2 aromatic rings. The van der Waals surface area contributed by atoms with Crippen molar-refractivity contribution in [2.75, 3.05) is 39.5 Å². The van der Waals surface area contributed by atoms with E-state index in [1.807, 2.05) is 30.3 Å². The minimum atomic E-state index is 0.244. The van der Waals surface area contributed by atoms with E-state index in [4.69, 9.17) is 19.2 Å². The number of nitriles is 1. The van der Waals surface area contributed by atoms with Crippen LogP contribution in [0.2, 0.25) is 0 Å². The summed E-state index contributed by atoms with van der Waals surface area (Å²) in [5.74, 6) is 0.796. The first-order valence-corrected chi connectivity index (χ1v) is 6.73. The molecule has 1 saturated heterocycles. The smallest absolute Gasteiger partial charge is 0.246 e. The molecule has 2 heterocycles. The fourth-order valence-electron chi connectivity index (χ4n) is 2.34. The average Bonchev–Trinajstić information content (AvgIpc) is 2.87. The van der Waals surface area contributed by atoms with Gasteiger partial charge in [-0.3, -0.25) is 4.90 Å². The van der Waals surface area contributed by atoms with Gasteiger partial charge in [-0.15, -0.1) is 0 Å². The van der Waals surface area contributed by atoms with E-state index in [9.17, 15) is 0 Å². The number of benzene rings is 1. The summed E-state index contributed by atoms with van der Waals surface area (Å²) >= 11 is 0. The molecule has 0 radical (unpaired) electrons. The molecule has 5 nitrogen and oxygen atoms in total. The quantitative estimate of drug-likeness (QED) is 0.852. The van der Waals surface area contributed by atoms with Gasteiger partial charge in [0.1, 0.15) is 18.3 Å². The van der Waals surface area contributed by atoms with Crippen molar-refractivity contribution in [3.8, 4) is 11.8 Å². The second kappa shape index (κ2) is 5.95. The van der Waals surface area contributed by atoms with Gasteiger partial charge in [0.2, 0.25) is 5.76 Å². The Morgan fingerprint density at radius 1 is 1.25 bits per heavy atom. The molecule has 0 amide bonds. The molecule has 0 spiro atoms. The van der Waals surface area contributed by atoms with Gasteiger partial charge < -0.3 is 13.9 Å². The predicted molar refractivity (Wildman–Crippen MR) is 73.7 cm³/mol. The lowest BCUT2D eigenvalue weighted by Crippen LogP contribution is -2.38. The van der Waals surface area contributed by atoms with E-state index < -0.39 is 0 Å². The Morgan fingerprint density at radius 3 is 2.85 bits per heavy atom. The zero-order valence-electron chi connectivity index (χ0n) is 11.2. The number of hydrogen-bond donors (Lipinski definition) is 0. The molecule has 0 atom stereocenters. The third-order valence-corrected chi connectivity index (χ3v) is 3.41. The molecule has 0 saturated carbocycles. The molecular weight excluding hydrogens is 256 g/mol. The van der Waals surface area contributed by atoms with Gasteiger partial charge in [-0.2, -0.15) is 5.26 Å². The molecule has 0 N–H and O–H groups in total. The molecule has 1 aromatic heterocycles. The first-order valence-electron chi connectivity index (χ1n) is 6.73. The van der Waals surface area contributed by atoms with Crippen molar-refractivity contribution in [3.05, 3.63) is 30.0 Å². The van der Waals surface area contributed by atoms with Crippen LogP contribution in [0.15, 0.2) is 28.7 Å². The van der Waals surface area contributed by atoms with Crippen molar-refractivity contribution in [3.63, 3.8) is 0 Å². The number of ether oxygens (including phenoxy) is 2. The maximum Gasteiger partial charge on any atom is 0.246 e. The van der Waals surface area contributed by atoms with Gasteiger partial charge in [-0.05, 0) is 12.1 Å². The molecule has 0 bridgehead atoms. The van der Waals surface area contributed by atoms with Gasteiger partial charge in [-0.1, -0.05) is 12.1 Å². The minimum absolute atomic E-state index is 0.244. The van der Waals surface area contributed by atoms with Crippen LogP contribution in [0.1, 0.15) is 5.76 Å². The SMILES string of the molecule is N#Cc1oc2ccccc2c1OCCN1CCOCC1. The van der Waals surface area contributed by atoms with Crippen molar-refractivity contribution < 1.29 is 13.9 Å². The summed E-state index contributed by atoms with van der Waals surface area (Å²) in [5, 5.41) is 9.97. The number of rotatable bonds is 4. The van der Waals surface area contributed by atoms with Gasteiger partial charge in [0.05, 0.1) is 18.6 Å². The van der Waals surface area contributed by atoms with Crippen molar-refractivity contribution in [2.45, 2.75) is 0 Å². The number of hydrogen-bond acceptors (Lipinski definition) is 5. The second-order valence-corrected chi connectivity index (χ2v) is 4.67. The van der Waals surface area contributed by atoms with Crippen LogP contribution in [0.3, 0.4) is 0 Å². The summed E-state index contributed by atoms with van der Waals surface area (Å²) < 4.78 is 16.6. The normalized spacial score (nSPS) is 16.1. The van der Waals surface area contributed by atoms with E-state index in [-0.39, 0.29) is 5.76 Å². The van der Waals surface area contributed by atoms with E-state index in [1.165, 1.54) is 0 Å². The first-order chi connectivity index (χ1) is 9.88. The van der Waals surface area contributed by atoms with Gasteiger partial charge in [0.15, 0.2) is 5.75 Å². The highest BCUT2D eigenvalue weighted by molar-refractivity contribution is 5.86. The van der Waals surface area contributed by atoms with Crippen LogP contribution >= 0.6 is 0 Å². The standard InChI is InChI=1S/C15H16N2O3/c16-11-14-15(12-3-1-2-4-13(12)20-14)19-10-7-17-5-8-18-9-6-17/h1-4H,5-10H2. The third kappa shape index (κ3) is 2.62. The Morgan fingerprint density at radius 2 is 2.05 bits per heavy atom. The number of fused-ring (bicyclic) bond motifs is 1. The van der Waals surface area contributed by atoms with Crippen LogP contribution in [0.4, 0.5) is 0 Å². The van der Waals surface area contributed by atoms with Crippen molar-refractivity contribution in [1.29, 1.82) is 5.26 Å². The number of morpholine rings is 1. The maximum absolute atomic E-state index is 9.12. The van der Waals surface area contributed by atoms with Crippen molar-refractivity contribution in [1.82, 2.24) is 4.90 Å². The summed E-state index contributed by atoms with van der Waals surface area (Å²) in [7, 11) is 0. The number of furan rings is 1. The number of para-hydroxylation sites is 1. The monoisotopic (exact) mass is 272 g/mol. The molecular formula is C15H16N2O3. The molecule has 0 unspecified atom stereocenters. The summed E-state index contributed by atoms with van der Waals surface area (Å²) in [4.78, 5) is 2.29. The minimum Gasteiger partial charge on any atom is -0.487 e. The Bertz CT molecular complexity index is 624. The average molecular weight is 272 g/mol. The highest BCUT2D eigenvalue weighted by atomic mass is 16.5. The summed E-state index contributed by atoms with van der Waals surface area (Å²) in [6.07, 6.45) is 0. The van der Waals surface area contributed by atoms with E-state index >= 15 is 0 Å². The molecule has 0 aliphatic carbocycles. The van der Waals surface area contributed by atoms with Gasteiger partial charge in [-0.25, -0.2) is 0 Å². The van der Waals surface area contributed by atoms with Crippen LogP contribution in [0, 0.1) is 11.3 Å². The van der Waals surface area contributed by atoms with E-state index in [1.54, 1.807) is 0 Å². The van der Waals surface area contributed by atoms with Gasteiger partial charge in [0.25, 0.3) is 0 Å². The molecule has 1 fully saturated rings. The van der Waals surface area contributed by atoms with E-state index in [2.05, 4.69) is 4.90 Å². The lowest BCUT2D eigenvalue weighted by molar-refractivity contribution is 0.0322. The Balaban J connectivity index is 1.69. The molecule has 5 heteroatoms.